The molecule has 7 heteroatoms. The van der Waals surface area contributed by atoms with Gasteiger partial charge in [-0.15, -0.1) is 0 Å². The van der Waals surface area contributed by atoms with Crippen LogP contribution in [0.1, 0.15) is 29.6 Å². The van der Waals surface area contributed by atoms with Gasteiger partial charge < -0.3 is 10.6 Å². The van der Waals surface area contributed by atoms with E-state index < -0.39 is 4.92 Å². The van der Waals surface area contributed by atoms with Crippen LogP contribution < -0.4 is 10.6 Å². The van der Waals surface area contributed by atoms with E-state index in [-0.39, 0.29) is 16.3 Å². The summed E-state index contributed by atoms with van der Waals surface area (Å²) in [6.45, 7) is 0.596. The van der Waals surface area contributed by atoms with Gasteiger partial charge in [-0.05, 0) is 25.2 Å². The van der Waals surface area contributed by atoms with Gasteiger partial charge in [-0.1, -0.05) is 6.42 Å². The molecule has 0 radical (unpaired) electrons. The van der Waals surface area contributed by atoms with E-state index in [0.717, 1.165) is 12.8 Å². The average Bonchev–Trinajstić information content (AvgIpc) is 2.45. The van der Waals surface area contributed by atoms with Gasteiger partial charge in [0.25, 0.3) is 11.6 Å². The number of benzene rings is 1. The summed E-state index contributed by atoms with van der Waals surface area (Å²) in [5.74, 6) is -0.275. The Kier molecular flexibility index (Phi) is 4.72. The van der Waals surface area contributed by atoms with Gasteiger partial charge >= 0.3 is 0 Å². The summed E-state index contributed by atoms with van der Waals surface area (Å²) < 4.78 is 0.135. The number of carbonyl (C=O) groups is 1. The molecule has 0 atom stereocenters. The Morgan fingerprint density at radius 3 is 2.67 bits per heavy atom. The molecule has 1 aromatic rings. The zero-order valence-corrected chi connectivity index (χ0v) is 13.0. The Hall–Kier alpha value is -1.76. The quantitative estimate of drug-likeness (QED) is 0.623. The first kappa shape index (κ1) is 15.6. The third-order valence-corrected chi connectivity index (χ3v) is 5.42. The summed E-state index contributed by atoms with van der Waals surface area (Å²) in [5.41, 5.74) is 0.814. The summed E-state index contributed by atoms with van der Waals surface area (Å²) in [6.07, 6.45) is 5.44. The molecule has 2 N–H and O–H groups in total. The molecule has 0 spiro atoms. The standard InChI is InChI=1S/C14H19N3O3S/c1-15-12-5-4-10(17(19)20)8-11(12)13(18)16-9-14(21-2)6-3-7-14/h4-5,8,15H,3,6-7,9H2,1-2H3,(H,16,18). The fraction of sp³-hybridized carbons (Fsp3) is 0.500. The summed E-state index contributed by atoms with van der Waals surface area (Å²) in [6, 6.07) is 4.26. The molecule has 0 bridgehead atoms. The van der Waals surface area contributed by atoms with E-state index in [9.17, 15) is 14.9 Å². The molecular formula is C14H19N3O3S. The number of amides is 1. The van der Waals surface area contributed by atoms with Crippen LogP contribution in [0.15, 0.2) is 18.2 Å². The van der Waals surface area contributed by atoms with E-state index in [1.54, 1.807) is 24.9 Å². The molecule has 1 aliphatic carbocycles. The van der Waals surface area contributed by atoms with Crippen molar-refractivity contribution in [3.05, 3.63) is 33.9 Å². The van der Waals surface area contributed by atoms with Crippen molar-refractivity contribution in [3.8, 4) is 0 Å². The van der Waals surface area contributed by atoms with Gasteiger partial charge in [-0.3, -0.25) is 14.9 Å². The number of carbonyl (C=O) groups excluding carboxylic acids is 1. The first-order valence-electron chi connectivity index (χ1n) is 6.81. The fourth-order valence-electron chi connectivity index (χ4n) is 2.41. The molecule has 0 saturated heterocycles. The number of thioether (sulfide) groups is 1. The number of non-ortho nitro benzene ring substituents is 1. The van der Waals surface area contributed by atoms with Gasteiger partial charge in [0, 0.05) is 36.2 Å². The van der Waals surface area contributed by atoms with Crippen LogP contribution in [0, 0.1) is 10.1 Å². The second kappa shape index (κ2) is 6.34. The van der Waals surface area contributed by atoms with Crippen molar-refractivity contribution >= 4 is 29.0 Å². The smallest absolute Gasteiger partial charge is 0.270 e. The largest absolute Gasteiger partial charge is 0.387 e. The van der Waals surface area contributed by atoms with Crippen molar-refractivity contribution in [1.29, 1.82) is 0 Å². The normalized spacial score (nSPS) is 15.9. The van der Waals surface area contributed by atoms with Crippen molar-refractivity contribution in [2.75, 3.05) is 25.2 Å². The molecule has 2 rings (SSSR count). The number of nitrogens with one attached hydrogen (secondary N) is 2. The molecular weight excluding hydrogens is 290 g/mol. The average molecular weight is 309 g/mol. The number of hydrogen-bond acceptors (Lipinski definition) is 5. The summed E-state index contributed by atoms with van der Waals surface area (Å²) in [4.78, 5) is 22.7. The Balaban J connectivity index is 2.13. The highest BCUT2D eigenvalue weighted by atomic mass is 32.2. The zero-order chi connectivity index (χ0) is 15.5. The number of nitro groups is 1. The molecule has 1 fully saturated rings. The Morgan fingerprint density at radius 1 is 1.48 bits per heavy atom. The molecule has 114 valence electrons. The maximum atomic E-state index is 12.3. The molecule has 6 nitrogen and oxygen atoms in total. The summed E-state index contributed by atoms with van der Waals surface area (Å²) in [7, 11) is 1.69. The van der Waals surface area contributed by atoms with Crippen molar-refractivity contribution in [1.82, 2.24) is 5.32 Å². The maximum Gasteiger partial charge on any atom is 0.270 e. The molecule has 0 unspecified atom stereocenters. The predicted molar refractivity (Wildman–Crippen MR) is 85.1 cm³/mol. The highest BCUT2D eigenvalue weighted by molar-refractivity contribution is 8.00. The molecule has 1 aromatic carbocycles. The molecule has 0 aromatic heterocycles. The lowest BCUT2D eigenvalue weighted by molar-refractivity contribution is -0.384. The van der Waals surface area contributed by atoms with Gasteiger partial charge in [-0.25, -0.2) is 0 Å². The number of anilines is 1. The van der Waals surface area contributed by atoms with E-state index in [4.69, 9.17) is 0 Å². The monoisotopic (exact) mass is 309 g/mol. The van der Waals surface area contributed by atoms with E-state index >= 15 is 0 Å². The Morgan fingerprint density at radius 2 is 2.19 bits per heavy atom. The zero-order valence-electron chi connectivity index (χ0n) is 12.1. The topological polar surface area (TPSA) is 84.3 Å². The van der Waals surface area contributed by atoms with Gasteiger partial charge in [0.2, 0.25) is 0 Å². The van der Waals surface area contributed by atoms with Gasteiger partial charge in [-0.2, -0.15) is 11.8 Å². The predicted octanol–water partition coefficient (Wildman–Crippen LogP) is 2.65. The summed E-state index contributed by atoms with van der Waals surface area (Å²) >= 11 is 1.78. The van der Waals surface area contributed by atoms with Gasteiger partial charge in [0.1, 0.15) is 0 Å². The molecule has 1 aliphatic rings. The van der Waals surface area contributed by atoms with Crippen molar-refractivity contribution in [3.63, 3.8) is 0 Å². The van der Waals surface area contributed by atoms with Crippen LogP contribution in [0.25, 0.3) is 0 Å². The number of hydrogen-bond donors (Lipinski definition) is 2. The van der Waals surface area contributed by atoms with Crippen LogP contribution in [-0.2, 0) is 0 Å². The van der Waals surface area contributed by atoms with Crippen molar-refractivity contribution in [2.45, 2.75) is 24.0 Å². The highest BCUT2D eigenvalue weighted by Gasteiger charge is 2.36. The minimum Gasteiger partial charge on any atom is -0.387 e. The van der Waals surface area contributed by atoms with Crippen LogP contribution in [-0.4, -0.2) is 35.4 Å². The third-order valence-electron chi connectivity index (χ3n) is 4.00. The summed E-state index contributed by atoms with van der Waals surface area (Å²) in [5, 5.41) is 16.6. The van der Waals surface area contributed by atoms with E-state index in [2.05, 4.69) is 16.9 Å². The number of nitro benzene ring substituents is 1. The van der Waals surface area contributed by atoms with E-state index in [0.29, 0.717) is 17.8 Å². The molecule has 1 amide bonds. The van der Waals surface area contributed by atoms with Crippen molar-refractivity contribution in [2.24, 2.45) is 0 Å². The Bertz CT molecular complexity index is 553. The van der Waals surface area contributed by atoms with Crippen LogP contribution in [0.3, 0.4) is 0 Å². The lowest BCUT2D eigenvalue weighted by Gasteiger charge is -2.40. The number of nitrogens with zero attached hydrogens (tertiary/aromatic N) is 1. The van der Waals surface area contributed by atoms with Crippen LogP contribution in [0.2, 0.25) is 0 Å². The van der Waals surface area contributed by atoms with Gasteiger partial charge in [0.15, 0.2) is 0 Å². The lowest BCUT2D eigenvalue weighted by Crippen LogP contribution is -2.45. The third kappa shape index (κ3) is 3.29. The molecule has 21 heavy (non-hydrogen) atoms. The minimum atomic E-state index is -0.495. The first-order valence-corrected chi connectivity index (χ1v) is 8.03. The number of rotatable bonds is 6. The van der Waals surface area contributed by atoms with Gasteiger partial charge in [0.05, 0.1) is 10.5 Å². The Labute approximate surface area is 127 Å². The lowest BCUT2D eigenvalue weighted by atomic mass is 9.84. The first-order chi connectivity index (χ1) is 10.0. The molecule has 0 heterocycles. The SMILES string of the molecule is CNc1ccc([N+](=O)[O-])cc1C(=O)NCC1(SC)CCC1. The second-order valence-corrected chi connectivity index (χ2v) is 6.43. The molecule has 0 aliphatic heterocycles. The van der Waals surface area contributed by atoms with Crippen LogP contribution >= 0.6 is 11.8 Å². The minimum absolute atomic E-state index is 0.0811. The van der Waals surface area contributed by atoms with Crippen molar-refractivity contribution < 1.29 is 9.72 Å². The maximum absolute atomic E-state index is 12.3. The van der Waals surface area contributed by atoms with E-state index in [1.807, 2.05) is 0 Å². The van der Waals surface area contributed by atoms with Crippen LogP contribution in [0.5, 0.6) is 0 Å². The van der Waals surface area contributed by atoms with Crippen LogP contribution in [0.4, 0.5) is 11.4 Å². The second-order valence-electron chi connectivity index (χ2n) is 5.16. The highest BCUT2D eigenvalue weighted by Crippen LogP contribution is 2.42. The fourth-order valence-corrected chi connectivity index (χ4v) is 3.33. The molecule has 1 saturated carbocycles. The van der Waals surface area contributed by atoms with E-state index in [1.165, 1.54) is 18.6 Å².